The molecule has 0 atom stereocenters. The van der Waals surface area contributed by atoms with Crippen LogP contribution in [0, 0.1) is 18.2 Å². The van der Waals surface area contributed by atoms with Crippen LogP contribution in [0.3, 0.4) is 0 Å². The van der Waals surface area contributed by atoms with E-state index in [1.165, 1.54) is 56.9 Å². The van der Waals surface area contributed by atoms with Crippen molar-refractivity contribution in [1.29, 1.82) is 0 Å². The molecule has 0 unspecified atom stereocenters. The van der Waals surface area contributed by atoms with Crippen molar-refractivity contribution in [3.8, 4) is 11.5 Å². The van der Waals surface area contributed by atoms with Crippen LogP contribution in [0.5, 0.6) is 11.5 Å². The largest absolute Gasteiger partial charge is 0.494 e. The molecule has 0 N–H and O–H groups in total. The third-order valence-electron chi connectivity index (χ3n) is 4.92. The molecule has 0 aliphatic heterocycles. The van der Waals surface area contributed by atoms with Crippen molar-refractivity contribution in [1.82, 2.24) is 0 Å². The van der Waals surface area contributed by atoms with Gasteiger partial charge in [-0.3, -0.25) is 0 Å². The molecule has 0 bridgehead atoms. The third kappa shape index (κ3) is 4.84. The highest BCUT2D eigenvalue weighted by Gasteiger charge is 2.14. The second-order valence-corrected chi connectivity index (χ2v) is 6.73. The first-order valence-corrected chi connectivity index (χ1v) is 9.12. The van der Waals surface area contributed by atoms with Crippen molar-refractivity contribution in [3.05, 3.63) is 65.8 Å². The fourth-order valence-electron chi connectivity index (χ4n) is 3.34. The normalized spacial score (nSPS) is 14.8. The standard InChI is InChI=1S/C22H24FO3/c1-25-21-14-11-18(15-20(21)23)22(24)26-19-12-9-17(10-13-19)8-7-16-5-3-2-4-6-16/h2,9-16H,3-8H2,1H3. The van der Waals surface area contributed by atoms with Crippen molar-refractivity contribution in [2.75, 3.05) is 7.11 Å². The van der Waals surface area contributed by atoms with E-state index in [1.807, 2.05) is 12.1 Å². The van der Waals surface area contributed by atoms with Crippen LogP contribution in [0.2, 0.25) is 0 Å². The van der Waals surface area contributed by atoms with Crippen molar-refractivity contribution >= 4 is 5.97 Å². The molecule has 2 aromatic carbocycles. The van der Waals surface area contributed by atoms with Crippen molar-refractivity contribution in [3.63, 3.8) is 0 Å². The van der Waals surface area contributed by atoms with Gasteiger partial charge in [-0.2, -0.15) is 0 Å². The second-order valence-electron chi connectivity index (χ2n) is 6.73. The van der Waals surface area contributed by atoms with Crippen molar-refractivity contribution in [2.45, 2.75) is 38.5 Å². The van der Waals surface area contributed by atoms with Crippen LogP contribution in [0.25, 0.3) is 0 Å². The molecule has 1 aliphatic rings. The molecular weight excluding hydrogens is 331 g/mol. The average molecular weight is 355 g/mol. The fraction of sp³-hybridized carbons (Fsp3) is 0.364. The quantitative estimate of drug-likeness (QED) is 0.515. The predicted octanol–water partition coefficient (Wildman–Crippen LogP) is 5.38. The first-order chi connectivity index (χ1) is 12.7. The van der Waals surface area contributed by atoms with Crippen molar-refractivity contribution in [2.24, 2.45) is 5.92 Å². The summed E-state index contributed by atoms with van der Waals surface area (Å²) < 4.78 is 23.9. The van der Waals surface area contributed by atoms with E-state index in [0.29, 0.717) is 5.75 Å². The zero-order valence-electron chi connectivity index (χ0n) is 15.0. The predicted molar refractivity (Wildman–Crippen MR) is 98.9 cm³/mol. The number of methoxy groups -OCH3 is 1. The van der Waals surface area contributed by atoms with Crippen LogP contribution >= 0.6 is 0 Å². The van der Waals surface area contributed by atoms with E-state index in [4.69, 9.17) is 9.47 Å². The lowest BCUT2D eigenvalue weighted by atomic mass is 9.85. The van der Waals surface area contributed by atoms with Gasteiger partial charge in [0, 0.05) is 0 Å². The van der Waals surface area contributed by atoms with Gasteiger partial charge < -0.3 is 9.47 Å². The Balaban J connectivity index is 1.54. The summed E-state index contributed by atoms with van der Waals surface area (Å²) in [5.41, 5.74) is 1.40. The van der Waals surface area contributed by atoms with E-state index in [-0.39, 0.29) is 11.3 Å². The van der Waals surface area contributed by atoms with E-state index < -0.39 is 11.8 Å². The highest BCUT2D eigenvalue weighted by atomic mass is 19.1. The molecule has 0 amide bonds. The van der Waals surface area contributed by atoms with Gasteiger partial charge in [-0.05, 0) is 73.9 Å². The molecule has 3 rings (SSSR count). The van der Waals surface area contributed by atoms with Gasteiger partial charge in [0.15, 0.2) is 11.6 Å². The second kappa shape index (κ2) is 8.84. The van der Waals surface area contributed by atoms with E-state index in [2.05, 4.69) is 6.42 Å². The summed E-state index contributed by atoms with van der Waals surface area (Å²) in [5, 5.41) is 0. The van der Waals surface area contributed by atoms with E-state index in [1.54, 1.807) is 12.1 Å². The minimum atomic E-state index is -0.586. The maximum atomic E-state index is 13.7. The highest BCUT2D eigenvalue weighted by molar-refractivity contribution is 5.91. The van der Waals surface area contributed by atoms with E-state index >= 15 is 0 Å². The number of aryl methyl sites for hydroxylation is 1. The SMILES string of the molecule is COc1ccc(C(=O)Oc2ccc(CCC3CC[CH]CC3)cc2)cc1F. The molecule has 0 aromatic heterocycles. The maximum Gasteiger partial charge on any atom is 0.343 e. The Hall–Kier alpha value is -2.36. The number of benzene rings is 2. The van der Waals surface area contributed by atoms with Gasteiger partial charge in [-0.25, -0.2) is 9.18 Å². The lowest BCUT2D eigenvalue weighted by molar-refractivity contribution is 0.0734. The number of ether oxygens (including phenoxy) is 2. The fourth-order valence-corrected chi connectivity index (χ4v) is 3.34. The molecule has 1 aliphatic carbocycles. The van der Waals surface area contributed by atoms with Crippen LogP contribution in [0.4, 0.5) is 4.39 Å². The van der Waals surface area contributed by atoms with Gasteiger partial charge in [-0.1, -0.05) is 25.0 Å². The summed E-state index contributed by atoms with van der Waals surface area (Å²) in [6, 6.07) is 11.6. The Kier molecular flexibility index (Phi) is 6.26. The van der Waals surface area contributed by atoms with Gasteiger partial charge in [0.25, 0.3) is 0 Å². The topological polar surface area (TPSA) is 35.5 Å². The van der Waals surface area contributed by atoms with Crippen LogP contribution in [0.15, 0.2) is 42.5 Å². The number of halogens is 1. The Labute approximate surface area is 154 Å². The summed E-state index contributed by atoms with van der Waals surface area (Å²) in [5.74, 6) is 0.210. The van der Waals surface area contributed by atoms with Crippen LogP contribution in [-0.4, -0.2) is 13.1 Å². The molecule has 26 heavy (non-hydrogen) atoms. The molecule has 3 nitrogen and oxygen atoms in total. The van der Waals surface area contributed by atoms with Crippen LogP contribution in [-0.2, 0) is 6.42 Å². The van der Waals surface area contributed by atoms with Crippen LogP contribution < -0.4 is 9.47 Å². The zero-order chi connectivity index (χ0) is 18.4. The summed E-state index contributed by atoms with van der Waals surface area (Å²) in [4.78, 5) is 12.2. The molecule has 137 valence electrons. The number of esters is 1. The van der Waals surface area contributed by atoms with Crippen LogP contribution in [0.1, 0.15) is 48.0 Å². The molecule has 0 saturated heterocycles. The number of rotatable bonds is 6. The lowest BCUT2D eigenvalue weighted by Crippen LogP contribution is -2.09. The molecule has 1 saturated carbocycles. The minimum Gasteiger partial charge on any atom is -0.494 e. The Morgan fingerprint density at radius 1 is 1.12 bits per heavy atom. The number of carbonyl (C=O) groups is 1. The smallest absolute Gasteiger partial charge is 0.343 e. The summed E-state index contributed by atoms with van der Waals surface area (Å²) in [7, 11) is 1.38. The Bertz CT molecular complexity index is 734. The Morgan fingerprint density at radius 2 is 1.85 bits per heavy atom. The summed E-state index contributed by atoms with van der Waals surface area (Å²) in [6.45, 7) is 0. The number of carbonyl (C=O) groups excluding carboxylic acids is 1. The highest BCUT2D eigenvalue weighted by Crippen LogP contribution is 2.27. The summed E-state index contributed by atoms with van der Waals surface area (Å²) in [6.07, 6.45) is 9.72. The van der Waals surface area contributed by atoms with E-state index in [9.17, 15) is 9.18 Å². The molecule has 4 heteroatoms. The van der Waals surface area contributed by atoms with Gasteiger partial charge in [0.05, 0.1) is 12.7 Å². The average Bonchev–Trinajstić information content (AvgIpc) is 2.68. The van der Waals surface area contributed by atoms with Gasteiger partial charge in [0.1, 0.15) is 5.75 Å². The monoisotopic (exact) mass is 355 g/mol. The zero-order valence-corrected chi connectivity index (χ0v) is 15.0. The summed E-state index contributed by atoms with van der Waals surface area (Å²) >= 11 is 0. The Morgan fingerprint density at radius 3 is 2.50 bits per heavy atom. The molecule has 0 heterocycles. The number of hydrogen-bond donors (Lipinski definition) is 0. The maximum absolute atomic E-state index is 13.7. The lowest BCUT2D eigenvalue weighted by Gasteiger charge is -2.21. The molecular formula is C22H24FO3. The van der Waals surface area contributed by atoms with Gasteiger partial charge in [-0.15, -0.1) is 0 Å². The third-order valence-corrected chi connectivity index (χ3v) is 4.92. The van der Waals surface area contributed by atoms with E-state index in [0.717, 1.165) is 18.4 Å². The molecule has 1 radical (unpaired) electrons. The van der Waals surface area contributed by atoms with Gasteiger partial charge in [0.2, 0.25) is 0 Å². The number of hydrogen-bond acceptors (Lipinski definition) is 3. The minimum absolute atomic E-state index is 0.0989. The molecule has 1 fully saturated rings. The first-order valence-electron chi connectivity index (χ1n) is 9.12. The van der Waals surface area contributed by atoms with Crippen molar-refractivity contribution < 1.29 is 18.7 Å². The molecule has 0 spiro atoms. The molecule has 2 aromatic rings. The first kappa shape index (κ1) is 18.4. The van der Waals surface area contributed by atoms with Gasteiger partial charge >= 0.3 is 5.97 Å².